The fraction of sp³-hybridized carbons (Fsp3) is 0.347. The zero-order valence-electron chi connectivity index (χ0n) is 60.2. The summed E-state index contributed by atoms with van der Waals surface area (Å²) in [6, 6.07) is 88.9. The van der Waals surface area contributed by atoms with Gasteiger partial charge in [-0.25, -0.2) is 0 Å². The third-order valence-corrected chi connectivity index (χ3v) is 27.5. The number of para-hydroxylation sites is 3. The van der Waals surface area contributed by atoms with Crippen molar-refractivity contribution in [3.8, 4) is 44.5 Å². The molecule has 3 fully saturated rings. The zero-order valence-corrected chi connectivity index (χ0v) is 60.2. The first-order chi connectivity index (χ1) is 47.1. The number of fused-ring (bicyclic) bond motifs is 10. The lowest BCUT2D eigenvalue weighted by atomic mass is 9.52. The van der Waals surface area contributed by atoms with E-state index in [-0.39, 0.29) is 49.1 Å². The second-order valence-corrected chi connectivity index (χ2v) is 34.7. The van der Waals surface area contributed by atoms with Gasteiger partial charge in [-0.05, 0) is 244 Å². The Morgan fingerprint density at radius 1 is 0.265 bits per heavy atom. The molecule has 18 rings (SSSR count). The highest BCUT2D eigenvalue weighted by molar-refractivity contribution is 6.32. The van der Waals surface area contributed by atoms with Crippen LogP contribution in [0.1, 0.15) is 177 Å². The number of benzene rings is 12. The first-order valence-electron chi connectivity index (χ1n) is 37.4. The molecule has 0 bridgehead atoms. The minimum absolute atomic E-state index is 0.0188. The average molecular weight is 1280 g/mol. The molecule has 3 nitrogen and oxygen atoms in total. The smallest absolute Gasteiger partial charge is 0.0594 e. The standard InChI is InChI=1S/C95H97N3/c1-87(2,3)93-54-27-24-51-90(93,10)79-57-63(41-48-82(79)96(93)66-33-16-13-17-34-66)75-60-76(64-42-49-83-80(58-64)91(11)52-25-28-55-94(91,88(4,5)6)97(83)67-35-18-14-19-36-67)72-46-47-74-78(70-40-30-32-62-31-22-23-39-69(62)70)61-77(73-45-44-71(75)85(72)86(73)74)65-43-50-84-81(59-65)92(12)53-26-29-56-95(92,89(7,8)9)98(84)68-37-20-15-21-38-68/h13-23,30-50,57-61H,24-29,51-56H2,1-12H3. The summed E-state index contributed by atoms with van der Waals surface area (Å²) < 4.78 is 0. The van der Waals surface area contributed by atoms with Gasteiger partial charge in [-0.1, -0.05) is 261 Å². The van der Waals surface area contributed by atoms with E-state index in [1.807, 2.05) is 0 Å². The predicted octanol–water partition coefficient (Wildman–Crippen LogP) is 26.7. The molecule has 3 heteroatoms. The summed E-state index contributed by atoms with van der Waals surface area (Å²) in [5.74, 6) is 0. The molecule has 3 aliphatic carbocycles. The van der Waals surface area contributed by atoms with Gasteiger partial charge in [-0.3, -0.25) is 0 Å². The summed E-state index contributed by atoms with van der Waals surface area (Å²) in [5.41, 5.74) is 22.1. The molecule has 6 unspecified atom stereocenters. The maximum absolute atomic E-state index is 2.82. The van der Waals surface area contributed by atoms with Gasteiger partial charge in [0.1, 0.15) is 0 Å². The topological polar surface area (TPSA) is 9.72 Å². The van der Waals surface area contributed by atoms with Crippen molar-refractivity contribution >= 4 is 77.2 Å². The second-order valence-electron chi connectivity index (χ2n) is 34.7. The molecule has 0 radical (unpaired) electrons. The number of anilines is 6. The van der Waals surface area contributed by atoms with Crippen LogP contribution in [0.2, 0.25) is 0 Å². The van der Waals surface area contributed by atoms with Crippen LogP contribution in [0.3, 0.4) is 0 Å². The number of hydrogen-bond donors (Lipinski definition) is 0. The van der Waals surface area contributed by atoms with Crippen molar-refractivity contribution in [3.63, 3.8) is 0 Å². The lowest BCUT2D eigenvalue weighted by Gasteiger charge is -2.59. The molecule has 12 aromatic carbocycles. The molecule has 3 saturated carbocycles. The predicted molar refractivity (Wildman–Crippen MR) is 419 cm³/mol. The molecule has 3 heterocycles. The summed E-state index contributed by atoms with van der Waals surface area (Å²) in [5, 5.41) is 10.5. The van der Waals surface area contributed by atoms with Gasteiger partial charge in [0.2, 0.25) is 0 Å². The van der Waals surface area contributed by atoms with E-state index in [0.29, 0.717) is 0 Å². The molecule has 98 heavy (non-hydrogen) atoms. The summed E-state index contributed by atoms with van der Waals surface area (Å²) in [7, 11) is 0. The Kier molecular flexibility index (Phi) is 13.3. The van der Waals surface area contributed by atoms with Gasteiger partial charge in [0, 0.05) is 50.4 Å². The fourth-order valence-electron chi connectivity index (χ4n) is 23.6. The Balaban J connectivity index is 0.944. The van der Waals surface area contributed by atoms with Crippen molar-refractivity contribution < 1.29 is 0 Å². The van der Waals surface area contributed by atoms with Gasteiger partial charge in [-0.2, -0.15) is 0 Å². The SMILES string of the molecule is CC(C)(C)C12CCCCC1(C)c1cc(-c3cc(-c4ccc5c(c4)C4(C)CCCCC4(C(C)(C)C)N5c4ccccc4)c4ccc5c(-c6cccc7ccccc67)cc(-c6ccc7c(c6)C6(C)CCCCC6(C(C)(C)C)N7c6ccccc6)c6ccc3c4c65)ccc1N2c1ccccc1. The van der Waals surface area contributed by atoms with Gasteiger partial charge in [0.15, 0.2) is 0 Å². The molecule has 492 valence electrons. The van der Waals surface area contributed by atoms with E-state index in [9.17, 15) is 0 Å². The molecule has 0 aromatic heterocycles. The minimum Gasteiger partial charge on any atom is -0.334 e. The van der Waals surface area contributed by atoms with Crippen LogP contribution < -0.4 is 14.7 Å². The van der Waals surface area contributed by atoms with E-state index in [1.165, 1.54) is 177 Å². The molecule has 0 saturated heterocycles. The van der Waals surface area contributed by atoms with E-state index in [0.717, 1.165) is 38.5 Å². The molecule has 12 aromatic rings. The van der Waals surface area contributed by atoms with E-state index in [1.54, 1.807) is 0 Å². The maximum atomic E-state index is 2.82. The van der Waals surface area contributed by atoms with E-state index >= 15 is 0 Å². The largest absolute Gasteiger partial charge is 0.334 e. The quantitative estimate of drug-likeness (QED) is 0.147. The minimum atomic E-state index is -0.127. The molecular formula is C95H97N3. The highest BCUT2D eigenvalue weighted by atomic mass is 15.3. The van der Waals surface area contributed by atoms with Gasteiger partial charge in [0.25, 0.3) is 0 Å². The van der Waals surface area contributed by atoms with Crippen LogP contribution in [-0.2, 0) is 16.2 Å². The van der Waals surface area contributed by atoms with Crippen LogP contribution in [0.15, 0.2) is 224 Å². The van der Waals surface area contributed by atoms with Crippen molar-refractivity contribution in [1.82, 2.24) is 0 Å². The summed E-state index contributed by atoms with van der Waals surface area (Å²) in [6.07, 6.45) is 14.3. The third-order valence-electron chi connectivity index (χ3n) is 27.5. The Hall–Kier alpha value is -8.66. The lowest BCUT2D eigenvalue weighted by Crippen LogP contribution is -2.64. The highest BCUT2D eigenvalue weighted by Gasteiger charge is 2.68. The molecule has 6 aliphatic rings. The molecule has 3 aliphatic heterocycles. The third kappa shape index (κ3) is 7.94. The zero-order chi connectivity index (χ0) is 67.3. The van der Waals surface area contributed by atoms with Crippen LogP contribution in [-0.4, -0.2) is 16.6 Å². The van der Waals surface area contributed by atoms with E-state index in [4.69, 9.17) is 0 Å². The Labute approximate surface area is 583 Å². The van der Waals surface area contributed by atoms with Gasteiger partial charge in [0.05, 0.1) is 16.6 Å². The molecule has 0 N–H and O–H groups in total. The van der Waals surface area contributed by atoms with Crippen molar-refractivity contribution in [2.45, 2.75) is 193 Å². The molecular weight excluding hydrogens is 1180 g/mol. The Morgan fingerprint density at radius 2 is 0.571 bits per heavy atom. The number of rotatable bonds is 7. The highest BCUT2D eigenvalue weighted by Crippen LogP contribution is 2.71. The maximum Gasteiger partial charge on any atom is 0.0594 e. The number of hydrogen-bond acceptors (Lipinski definition) is 3. The molecule has 0 amide bonds. The average Bonchev–Trinajstić information content (AvgIpc) is 1.54. The monoisotopic (exact) mass is 1280 g/mol. The van der Waals surface area contributed by atoms with Crippen LogP contribution in [0, 0.1) is 16.2 Å². The van der Waals surface area contributed by atoms with Gasteiger partial charge in [-0.15, -0.1) is 0 Å². The Morgan fingerprint density at radius 3 is 0.929 bits per heavy atom. The first-order valence-corrected chi connectivity index (χ1v) is 37.4. The number of nitrogens with zero attached hydrogens (tertiary/aromatic N) is 3. The summed E-state index contributed by atoms with van der Waals surface area (Å²) >= 11 is 0. The van der Waals surface area contributed by atoms with E-state index in [2.05, 4.69) is 322 Å². The van der Waals surface area contributed by atoms with Gasteiger partial charge >= 0.3 is 0 Å². The van der Waals surface area contributed by atoms with E-state index < -0.39 is 0 Å². The fourth-order valence-corrected chi connectivity index (χ4v) is 23.6. The second kappa shape index (κ2) is 21.2. The van der Waals surface area contributed by atoms with Crippen LogP contribution in [0.5, 0.6) is 0 Å². The summed E-state index contributed by atoms with van der Waals surface area (Å²) in [4.78, 5) is 8.45. The van der Waals surface area contributed by atoms with Crippen molar-refractivity contribution in [2.24, 2.45) is 16.2 Å². The van der Waals surface area contributed by atoms with Crippen molar-refractivity contribution in [2.75, 3.05) is 14.7 Å². The first kappa shape index (κ1) is 61.7. The molecule has 6 atom stereocenters. The molecule has 0 spiro atoms. The normalized spacial score (nSPS) is 25.2. The van der Waals surface area contributed by atoms with Crippen LogP contribution in [0.25, 0.3) is 87.6 Å². The summed E-state index contributed by atoms with van der Waals surface area (Å²) in [6.45, 7) is 30.7. The Bertz CT molecular complexity index is 5030. The van der Waals surface area contributed by atoms with Crippen molar-refractivity contribution in [1.29, 1.82) is 0 Å². The van der Waals surface area contributed by atoms with Crippen LogP contribution in [0.4, 0.5) is 34.1 Å². The van der Waals surface area contributed by atoms with Gasteiger partial charge < -0.3 is 14.7 Å². The van der Waals surface area contributed by atoms with Crippen molar-refractivity contribution in [3.05, 3.63) is 241 Å². The lowest BCUT2D eigenvalue weighted by molar-refractivity contribution is 0.0607. The van der Waals surface area contributed by atoms with Crippen LogP contribution >= 0.6 is 0 Å².